The molecule has 0 bridgehead atoms. The first-order chi connectivity index (χ1) is 18.8. The molecule has 5 aromatic rings. The molecule has 10 heteroatoms. The number of aromatic amines is 1. The number of nitrogens with two attached hydrogens (primary N) is 1. The number of H-pyrrole nitrogens is 1. The number of fused-ring (bicyclic) bond motifs is 2. The molecular weight excluding hydrogens is 504 g/mol. The number of amides is 1. The zero-order valence-electron chi connectivity index (χ0n) is 20.6. The molecule has 0 radical (unpaired) electrons. The maximum Gasteiger partial charge on any atom is 0.278 e. The van der Waals surface area contributed by atoms with Crippen molar-refractivity contribution >= 4 is 39.3 Å². The van der Waals surface area contributed by atoms with Gasteiger partial charge in [0.2, 0.25) is 5.91 Å². The summed E-state index contributed by atoms with van der Waals surface area (Å²) in [4.78, 5) is 49.9. The molecule has 2 heterocycles. The second kappa shape index (κ2) is 10.8. The SMILES string of the molecule is Nc1nccc2cc(CNC(=O)[C@@H](CC(=O)c3nc4ccccc4[nH]c3=O)Cc3ccc(F)c(F)c3)ccc12. The van der Waals surface area contributed by atoms with Gasteiger partial charge >= 0.3 is 0 Å². The predicted octanol–water partition coefficient (Wildman–Crippen LogP) is 4.08. The van der Waals surface area contributed by atoms with E-state index in [0.29, 0.717) is 22.4 Å². The van der Waals surface area contributed by atoms with Crippen LogP contribution in [0.4, 0.5) is 14.6 Å². The van der Waals surface area contributed by atoms with E-state index in [1.807, 2.05) is 6.07 Å². The maximum atomic E-state index is 13.9. The molecule has 39 heavy (non-hydrogen) atoms. The molecule has 0 saturated carbocycles. The van der Waals surface area contributed by atoms with Gasteiger partial charge in [-0.05, 0) is 59.3 Å². The highest BCUT2D eigenvalue weighted by Crippen LogP contribution is 2.21. The number of carbonyl (C=O) groups excluding carboxylic acids is 2. The first-order valence-electron chi connectivity index (χ1n) is 12.2. The Balaban J connectivity index is 1.38. The van der Waals surface area contributed by atoms with Crippen molar-refractivity contribution in [2.75, 3.05) is 5.73 Å². The number of rotatable bonds is 8. The smallest absolute Gasteiger partial charge is 0.278 e. The Morgan fingerprint density at radius 1 is 0.974 bits per heavy atom. The number of benzene rings is 3. The second-order valence-electron chi connectivity index (χ2n) is 9.18. The lowest BCUT2D eigenvalue weighted by molar-refractivity contribution is -0.125. The van der Waals surface area contributed by atoms with E-state index in [4.69, 9.17) is 5.73 Å². The van der Waals surface area contributed by atoms with Crippen LogP contribution in [-0.4, -0.2) is 26.6 Å². The van der Waals surface area contributed by atoms with Gasteiger partial charge < -0.3 is 16.0 Å². The predicted molar refractivity (Wildman–Crippen MR) is 143 cm³/mol. The average Bonchev–Trinajstić information content (AvgIpc) is 2.93. The van der Waals surface area contributed by atoms with Gasteiger partial charge in [-0.25, -0.2) is 18.7 Å². The van der Waals surface area contributed by atoms with E-state index in [1.165, 1.54) is 6.07 Å². The molecule has 0 saturated heterocycles. The molecule has 4 N–H and O–H groups in total. The van der Waals surface area contributed by atoms with Crippen LogP contribution in [0.25, 0.3) is 21.8 Å². The molecule has 196 valence electrons. The summed E-state index contributed by atoms with van der Waals surface area (Å²) in [5, 5.41) is 4.44. The third kappa shape index (κ3) is 5.64. The Kier molecular flexibility index (Phi) is 7.09. The summed E-state index contributed by atoms with van der Waals surface area (Å²) in [6, 6.07) is 17.3. The molecule has 0 aliphatic carbocycles. The molecule has 1 atom stereocenters. The monoisotopic (exact) mass is 527 g/mol. The number of nitrogens with zero attached hydrogens (tertiary/aromatic N) is 2. The lowest BCUT2D eigenvalue weighted by Gasteiger charge is -2.17. The molecule has 0 fully saturated rings. The Morgan fingerprint density at radius 2 is 1.77 bits per heavy atom. The Hall–Kier alpha value is -4.99. The van der Waals surface area contributed by atoms with Gasteiger partial charge in [0.05, 0.1) is 11.0 Å². The van der Waals surface area contributed by atoms with Crippen LogP contribution in [-0.2, 0) is 17.8 Å². The highest BCUT2D eigenvalue weighted by atomic mass is 19.2. The normalized spacial score (nSPS) is 11.9. The Labute approximate surface area is 220 Å². The first-order valence-corrected chi connectivity index (χ1v) is 12.2. The minimum atomic E-state index is -1.06. The van der Waals surface area contributed by atoms with E-state index in [2.05, 4.69) is 20.3 Å². The molecule has 1 amide bonds. The summed E-state index contributed by atoms with van der Waals surface area (Å²) in [5.74, 6) is -3.79. The van der Waals surface area contributed by atoms with Gasteiger partial charge in [-0.1, -0.05) is 30.3 Å². The molecule has 3 aromatic carbocycles. The summed E-state index contributed by atoms with van der Waals surface area (Å²) in [5.41, 5.74) is 6.93. The summed E-state index contributed by atoms with van der Waals surface area (Å²) in [6.45, 7) is 0.147. The number of nitrogens with one attached hydrogen (secondary N) is 2. The van der Waals surface area contributed by atoms with Crippen LogP contribution < -0.4 is 16.6 Å². The van der Waals surface area contributed by atoms with Crippen LogP contribution in [0.1, 0.15) is 28.0 Å². The average molecular weight is 528 g/mol. The molecular formula is C29H23F2N5O3. The van der Waals surface area contributed by atoms with Crippen LogP contribution in [0.15, 0.2) is 77.7 Å². The van der Waals surface area contributed by atoms with Gasteiger partial charge in [0, 0.05) is 30.5 Å². The first kappa shape index (κ1) is 25.7. The van der Waals surface area contributed by atoms with E-state index in [-0.39, 0.29) is 25.1 Å². The maximum absolute atomic E-state index is 13.9. The molecule has 8 nitrogen and oxygen atoms in total. The Morgan fingerprint density at radius 3 is 2.59 bits per heavy atom. The van der Waals surface area contributed by atoms with Crippen molar-refractivity contribution in [2.24, 2.45) is 5.92 Å². The van der Waals surface area contributed by atoms with E-state index in [0.717, 1.165) is 28.5 Å². The topological polar surface area (TPSA) is 131 Å². The minimum absolute atomic E-state index is 0.0554. The van der Waals surface area contributed by atoms with Crippen molar-refractivity contribution in [2.45, 2.75) is 19.4 Å². The number of ketones is 1. The molecule has 0 aliphatic heterocycles. The van der Waals surface area contributed by atoms with Crippen LogP contribution >= 0.6 is 0 Å². The summed E-state index contributed by atoms with van der Waals surface area (Å²) < 4.78 is 27.3. The van der Waals surface area contributed by atoms with Crippen molar-refractivity contribution in [1.82, 2.24) is 20.3 Å². The van der Waals surface area contributed by atoms with Crippen molar-refractivity contribution in [3.05, 3.63) is 112 Å². The number of hydrogen-bond donors (Lipinski definition) is 3. The highest BCUT2D eigenvalue weighted by molar-refractivity contribution is 5.98. The van der Waals surface area contributed by atoms with Crippen LogP contribution in [0.3, 0.4) is 0 Å². The summed E-state index contributed by atoms with van der Waals surface area (Å²) in [7, 11) is 0. The van der Waals surface area contributed by atoms with Gasteiger partial charge in [0.1, 0.15) is 5.82 Å². The molecule has 0 unspecified atom stereocenters. The van der Waals surface area contributed by atoms with E-state index in [9.17, 15) is 23.2 Å². The summed E-state index contributed by atoms with van der Waals surface area (Å²) >= 11 is 0. The number of hydrogen-bond acceptors (Lipinski definition) is 6. The molecule has 2 aromatic heterocycles. The van der Waals surface area contributed by atoms with Crippen molar-refractivity contribution < 1.29 is 18.4 Å². The van der Waals surface area contributed by atoms with Gasteiger partial charge in [-0.2, -0.15) is 0 Å². The molecule has 5 rings (SSSR count). The number of para-hydroxylation sites is 2. The van der Waals surface area contributed by atoms with E-state index < -0.39 is 34.8 Å². The zero-order chi connectivity index (χ0) is 27.5. The lowest BCUT2D eigenvalue weighted by atomic mass is 9.92. The number of carbonyl (C=O) groups is 2. The number of aromatic nitrogens is 3. The minimum Gasteiger partial charge on any atom is -0.383 e. The van der Waals surface area contributed by atoms with E-state index in [1.54, 1.807) is 48.7 Å². The number of anilines is 1. The fraction of sp³-hybridized carbons (Fsp3) is 0.138. The quantitative estimate of drug-likeness (QED) is 0.261. The van der Waals surface area contributed by atoms with Crippen LogP contribution in [0.5, 0.6) is 0 Å². The largest absolute Gasteiger partial charge is 0.383 e. The number of Topliss-reactive ketones (excluding diaryl/α,β-unsaturated/α-hetero) is 1. The van der Waals surface area contributed by atoms with Crippen LogP contribution in [0, 0.1) is 17.6 Å². The number of halogens is 2. The number of nitrogen functional groups attached to an aromatic ring is 1. The van der Waals surface area contributed by atoms with Gasteiger partial charge in [-0.3, -0.25) is 14.4 Å². The second-order valence-corrected chi connectivity index (χ2v) is 9.18. The number of pyridine rings is 1. The summed E-state index contributed by atoms with van der Waals surface area (Å²) in [6.07, 6.45) is 1.17. The van der Waals surface area contributed by atoms with Gasteiger partial charge in [0.15, 0.2) is 23.1 Å². The standard InChI is InChI=1S/C29H23F2N5O3/c30-21-8-6-16(13-22(21)31)11-19(14-25(37)26-29(39)36-24-4-2-1-3-23(24)35-26)28(38)34-15-17-5-7-20-18(12-17)9-10-33-27(20)32/h1-10,12-13,19H,11,14-15H2,(H2,32,33)(H,34,38)(H,36,39)/t19-/m1/s1. The van der Waals surface area contributed by atoms with Crippen molar-refractivity contribution in [1.29, 1.82) is 0 Å². The third-order valence-electron chi connectivity index (χ3n) is 6.46. The lowest BCUT2D eigenvalue weighted by Crippen LogP contribution is -2.34. The molecule has 0 aliphatic rings. The van der Waals surface area contributed by atoms with E-state index >= 15 is 0 Å². The fourth-order valence-corrected chi connectivity index (χ4v) is 4.44. The van der Waals surface area contributed by atoms with Gasteiger partial charge in [0.25, 0.3) is 5.56 Å². The Bertz CT molecular complexity index is 1790. The van der Waals surface area contributed by atoms with Crippen molar-refractivity contribution in [3.8, 4) is 0 Å². The zero-order valence-corrected chi connectivity index (χ0v) is 20.6. The van der Waals surface area contributed by atoms with Crippen molar-refractivity contribution in [3.63, 3.8) is 0 Å². The van der Waals surface area contributed by atoms with Gasteiger partial charge in [-0.15, -0.1) is 0 Å². The third-order valence-corrected chi connectivity index (χ3v) is 6.46. The molecule has 0 spiro atoms. The van der Waals surface area contributed by atoms with Crippen LogP contribution in [0.2, 0.25) is 0 Å². The highest BCUT2D eigenvalue weighted by Gasteiger charge is 2.26. The fourth-order valence-electron chi connectivity index (χ4n) is 4.44.